The molecule has 0 spiro atoms. The number of allylic oxidation sites excluding steroid dienone is 3. The first kappa shape index (κ1) is 17.4. The van der Waals surface area contributed by atoms with E-state index in [1.807, 2.05) is 37.3 Å². The van der Waals surface area contributed by atoms with Gasteiger partial charge in [0.05, 0.1) is 11.3 Å². The van der Waals surface area contributed by atoms with Gasteiger partial charge in [0.25, 0.3) is 5.91 Å². The molecule has 2 aliphatic rings. The van der Waals surface area contributed by atoms with Crippen molar-refractivity contribution in [2.75, 3.05) is 5.75 Å². The molecule has 0 saturated heterocycles. The monoisotopic (exact) mass is 352 g/mol. The van der Waals surface area contributed by atoms with Gasteiger partial charge in [-0.15, -0.1) is 11.8 Å². The number of thioether (sulfide) groups is 1. The second-order valence-corrected chi connectivity index (χ2v) is 7.08. The van der Waals surface area contributed by atoms with E-state index in [-0.39, 0.29) is 17.7 Å². The molecule has 128 valence electrons. The quantitative estimate of drug-likeness (QED) is 0.836. The maximum Gasteiger partial charge on any atom is 0.278 e. The van der Waals surface area contributed by atoms with Crippen LogP contribution < -0.4 is 5.32 Å². The predicted molar refractivity (Wildman–Crippen MR) is 102 cm³/mol. The van der Waals surface area contributed by atoms with Crippen molar-refractivity contribution in [1.82, 2.24) is 5.32 Å². The van der Waals surface area contributed by atoms with Crippen molar-refractivity contribution in [3.63, 3.8) is 0 Å². The first-order valence-electron chi connectivity index (χ1n) is 8.38. The minimum atomic E-state index is -0.264. The number of rotatable bonds is 4. The number of hydrogen-bond acceptors (Lipinski definition) is 3. The van der Waals surface area contributed by atoms with E-state index in [0.717, 1.165) is 28.3 Å². The molecule has 0 radical (unpaired) electrons. The van der Waals surface area contributed by atoms with Gasteiger partial charge < -0.3 is 5.32 Å². The van der Waals surface area contributed by atoms with Gasteiger partial charge in [-0.3, -0.25) is 9.59 Å². The minimum absolute atomic E-state index is 0.0692. The number of nitrogens with one attached hydrogen (secondary N) is 1. The number of carbonyl (C=O) groups is 2. The van der Waals surface area contributed by atoms with Gasteiger partial charge >= 0.3 is 0 Å². The molecule has 1 atom stereocenters. The van der Waals surface area contributed by atoms with Gasteiger partial charge in [-0.1, -0.05) is 37.6 Å². The highest BCUT2D eigenvalue weighted by Crippen LogP contribution is 2.29. The van der Waals surface area contributed by atoms with Crippen LogP contribution >= 0.6 is 11.8 Å². The van der Waals surface area contributed by atoms with Gasteiger partial charge in [0, 0.05) is 22.6 Å². The lowest BCUT2D eigenvalue weighted by Gasteiger charge is -2.26. The molecular formula is C20H20N2O2S. The molecule has 1 heterocycles. The summed E-state index contributed by atoms with van der Waals surface area (Å²) in [4.78, 5) is 29.6. The van der Waals surface area contributed by atoms with Crippen LogP contribution in [0, 0.1) is 5.92 Å². The molecule has 0 bridgehead atoms. The number of nitrogens with zero attached hydrogens (tertiary/aromatic N) is 1. The molecule has 1 aromatic rings. The van der Waals surface area contributed by atoms with Gasteiger partial charge in [-0.05, 0) is 36.5 Å². The van der Waals surface area contributed by atoms with Crippen LogP contribution in [0.5, 0.6) is 0 Å². The van der Waals surface area contributed by atoms with E-state index >= 15 is 0 Å². The molecule has 1 N–H and O–H groups in total. The molecule has 0 saturated carbocycles. The summed E-state index contributed by atoms with van der Waals surface area (Å²) in [6, 6.07) is 7.50. The van der Waals surface area contributed by atoms with Crippen molar-refractivity contribution >= 4 is 29.3 Å². The molecule has 5 heteroatoms. The highest BCUT2D eigenvalue weighted by molar-refractivity contribution is 7.99. The summed E-state index contributed by atoms with van der Waals surface area (Å²) in [6.07, 6.45) is 8.09. The molecule has 25 heavy (non-hydrogen) atoms. The molecule has 0 aromatic heterocycles. The van der Waals surface area contributed by atoms with Crippen LogP contribution in [0.25, 0.3) is 0 Å². The Morgan fingerprint density at radius 2 is 2.04 bits per heavy atom. The van der Waals surface area contributed by atoms with Crippen molar-refractivity contribution in [3.05, 3.63) is 65.4 Å². The number of benzene rings is 1. The SMILES string of the molecule is CCSc1ccccc1C(=O)N=C1C=CC2C(CC)=CC(=O)NC2=C1. The van der Waals surface area contributed by atoms with Gasteiger partial charge in [0.2, 0.25) is 5.91 Å². The maximum absolute atomic E-state index is 12.6. The van der Waals surface area contributed by atoms with Crippen molar-refractivity contribution in [2.24, 2.45) is 10.9 Å². The lowest BCUT2D eigenvalue weighted by atomic mass is 9.86. The second kappa shape index (κ2) is 7.66. The van der Waals surface area contributed by atoms with E-state index in [4.69, 9.17) is 0 Å². The van der Waals surface area contributed by atoms with Crippen LogP contribution in [0.4, 0.5) is 0 Å². The standard InChI is InChI=1S/C20H20N2O2S/c1-3-13-11-19(23)22-17-12-14(9-10-15(13)17)21-20(24)16-7-5-6-8-18(16)25-4-2/h5-12,15H,3-4H2,1-2H3,(H,22,23). The molecule has 0 fully saturated rings. The van der Waals surface area contributed by atoms with E-state index < -0.39 is 0 Å². The highest BCUT2D eigenvalue weighted by atomic mass is 32.2. The third-order valence-corrected chi connectivity index (χ3v) is 5.09. The van der Waals surface area contributed by atoms with E-state index in [0.29, 0.717) is 11.3 Å². The summed E-state index contributed by atoms with van der Waals surface area (Å²) in [5, 5.41) is 2.86. The van der Waals surface area contributed by atoms with Gasteiger partial charge in [-0.2, -0.15) is 0 Å². The molecule has 3 rings (SSSR count). The smallest absolute Gasteiger partial charge is 0.278 e. The Kier molecular flexibility index (Phi) is 5.34. The Bertz CT molecular complexity index is 834. The summed E-state index contributed by atoms with van der Waals surface area (Å²) >= 11 is 1.63. The van der Waals surface area contributed by atoms with Gasteiger partial charge in [0.1, 0.15) is 0 Å². The van der Waals surface area contributed by atoms with Gasteiger partial charge in [0.15, 0.2) is 0 Å². The fourth-order valence-electron chi connectivity index (χ4n) is 2.96. The number of carbonyl (C=O) groups excluding carboxylic acids is 2. The number of amides is 2. The highest BCUT2D eigenvalue weighted by Gasteiger charge is 2.25. The maximum atomic E-state index is 12.6. The lowest BCUT2D eigenvalue weighted by Crippen LogP contribution is -2.33. The number of aliphatic imine (C=N–C) groups is 1. The molecule has 4 nitrogen and oxygen atoms in total. The van der Waals surface area contributed by atoms with E-state index in [2.05, 4.69) is 17.2 Å². The summed E-state index contributed by atoms with van der Waals surface area (Å²) in [5.41, 5.74) is 3.03. The lowest BCUT2D eigenvalue weighted by molar-refractivity contribution is -0.116. The summed E-state index contributed by atoms with van der Waals surface area (Å²) < 4.78 is 0. The Morgan fingerprint density at radius 1 is 1.24 bits per heavy atom. The fraction of sp³-hybridized carbons (Fsp3) is 0.250. The third kappa shape index (κ3) is 3.82. The summed E-state index contributed by atoms with van der Waals surface area (Å²) in [5.74, 6) is 0.578. The fourth-order valence-corrected chi connectivity index (χ4v) is 3.76. The van der Waals surface area contributed by atoms with E-state index in [1.165, 1.54) is 0 Å². The Hall–Kier alpha value is -2.40. The predicted octanol–water partition coefficient (Wildman–Crippen LogP) is 3.92. The first-order valence-corrected chi connectivity index (χ1v) is 9.37. The first-order chi connectivity index (χ1) is 12.1. The van der Waals surface area contributed by atoms with E-state index in [9.17, 15) is 9.59 Å². The molecule has 1 aliphatic heterocycles. The molecule has 1 aliphatic carbocycles. The van der Waals surface area contributed by atoms with Crippen LogP contribution in [0.1, 0.15) is 30.6 Å². The average molecular weight is 352 g/mol. The Balaban J connectivity index is 1.88. The van der Waals surface area contributed by atoms with Crippen LogP contribution in [0.2, 0.25) is 0 Å². The van der Waals surface area contributed by atoms with Crippen molar-refractivity contribution < 1.29 is 9.59 Å². The largest absolute Gasteiger partial charge is 0.325 e. The molecular weight excluding hydrogens is 332 g/mol. The molecule has 1 aromatic carbocycles. The third-order valence-electron chi connectivity index (χ3n) is 4.14. The number of fused-ring (bicyclic) bond motifs is 1. The average Bonchev–Trinajstić information content (AvgIpc) is 2.61. The van der Waals surface area contributed by atoms with Crippen molar-refractivity contribution in [2.45, 2.75) is 25.2 Å². The minimum Gasteiger partial charge on any atom is -0.325 e. The zero-order valence-electron chi connectivity index (χ0n) is 14.3. The molecule has 2 amide bonds. The zero-order chi connectivity index (χ0) is 17.8. The normalized spacial score (nSPS) is 20.6. The van der Waals surface area contributed by atoms with Crippen LogP contribution in [0.3, 0.4) is 0 Å². The number of hydrogen-bond donors (Lipinski definition) is 1. The van der Waals surface area contributed by atoms with Crippen LogP contribution in [0.15, 0.2) is 69.7 Å². The van der Waals surface area contributed by atoms with Crippen LogP contribution in [-0.4, -0.2) is 23.3 Å². The second-order valence-electron chi connectivity index (χ2n) is 5.77. The topological polar surface area (TPSA) is 58.5 Å². The Morgan fingerprint density at radius 3 is 2.80 bits per heavy atom. The molecule has 1 unspecified atom stereocenters. The summed E-state index contributed by atoms with van der Waals surface area (Å²) in [6.45, 7) is 4.09. The van der Waals surface area contributed by atoms with Gasteiger partial charge in [-0.25, -0.2) is 4.99 Å². The Labute approximate surface area is 151 Å². The summed E-state index contributed by atoms with van der Waals surface area (Å²) in [7, 11) is 0. The van der Waals surface area contributed by atoms with Crippen molar-refractivity contribution in [1.29, 1.82) is 0 Å². The van der Waals surface area contributed by atoms with Crippen molar-refractivity contribution in [3.8, 4) is 0 Å². The van der Waals surface area contributed by atoms with Crippen LogP contribution in [-0.2, 0) is 4.79 Å². The van der Waals surface area contributed by atoms with E-state index in [1.54, 1.807) is 30.0 Å². The zero-order valence-corrected chi connectivity index (χ0v) is 15.1.